The number of aliphatic hydroxyl groups excluding tert-OH is 1. The summed E-state index contributed by atoms with van der Waals surface area (Å²) in [4.78, 5) is 58.5. The van der Waals surface area contributed by atoms with Crippen LogP contribution in [0.2, 0.25) is 0 Å². The van der Waals surface area contributed by atoms with Crippen molar-refractivity contribution in [1.29, 1.82) is 0 Å². The van der Waals surface area contributed by atoms with E-state index in [1.54, 1.807) is 13.8 Å². The molecule has 9 N–H and O–H groups in total. The van der Waals surface area contributed by atoms with Crippen LogP contribution in [0.25, 0.3) is 0 Å². The minimum absolute atomic E-state index is 0.0336. The Balaban J connectivity index is 5.28. The topological polar surface area (TPSA) is 214 Å². The molecule has 0 aromatic carbocycles. The van der Waals surface area contributed by atoms with E-state index in [2.05, 4.69) is 16.0 Å². The fourth-order valence-corrected chi connectivity index (χ4v) is 2.16. The minimum Gasteiger partial charge on any atom is -0.480 e. The fraction of sp³-hybridized carbons (Fsp3) is 0.688. The summed E-state index contributed by atoms with van der Waals surface area (Å²) in [6, 6.07) is -3.85. The number of nitrogens with one attached hydrogen (secondary N) is 3. The third kappa shape index (κ3) is 9.83. The first-order valence-electron chi connectivity index (χ1n) is 8.67. The van der Waals surface area contributed by atoms with Crippen molar-refractivity contribution in [3.05, 3.63) is 0 Å². The van der Waals surface area contributed by atoms with Crippen LogP contribution < -0.4 is 27.4 Å². The van der Waals surface area contributed by atoms with Gasteiger partial charge in [0.1, 0.15) is 24.7 Å². The van der Waals surface area contributed by atoms with Crippen LogP contribution in [0.4, 0.5) is 0 Å². The molecule has 160 valence electrons. The summed E-state index contributed by atoms with van der Waals surface area (Å²) in [5, 5.41) is 24.8. The number of carboxylic acid groups (broad SMARTS) is 1. The number of carboxylic acids is 1. The molecular weight excluding hydrogens is 374 g/mol. The van der Waals surface area contributed by atoms with Crippen molar-refractivity contribution in [2.75, 3.05) is 6.54 Å². The molecule has 0 aliphatic carbocycles. The van der Waals surface area contributed by atoms with E-state index in [0.29, 0.717) is 0 Å². The Morgan fingerprint density at radius 3 is 1.89 bits per heavy atom. The number of aliphatic carboxylic acids is 1. The largest absolute Gasteiger partial charge is 0.480 e. The highest BCUT2D eigenvalue weighted by atomic mass is 16.4. The van der Waals surface area contributed by atoms with Crippen molar-refractivity contribution in [3.63, 3.8) is 0 Å². The number of amides is 4. The van der Waals surface area contributed by atoms with Crippen LogP contribution in [-0.4, -0.2) is 70.6 Å². The third-order valence-corrected chi connectivity index (χ3v) is 3.61. The molecule has 0 radical (unpaired) electrons. The third-order valence-electron chi connectivity index (χ3n) is 3.61. The summed E-state index contributed by atoms with van der Waals surface area (Å²) in [5.74, 6) is -4.66. The second-order valence-corrected chi connectivity index (χ2v) is 6.80. The SMILES string of the molecule is CC(C)CC(NC(=O)C(CC(N)=O)NC(=O)C(N)C(C)O)C(=O)NCC(=O)O. The number of carbonyl (C=O) groups is 5. The average molecular weight is 403 g/mol. The zero-order valence-corrected chi connectivity index (χ0v) is 16.1. The molecule has 0 saturated heterocycles. The predicted octanol–water partition coefficient (Wildman–Crippen LogP) is -3.21. The Hall–Kier alpha value is -2.73. The lowest BCUT2D eigenvalue weighted by Gasteiger charge is -2.24. The average Bonchev–Trinajstić information content (AvgIpc) is 2.56. The molecule has 0 saturated carbocycles. The minimum atomic E-state index is -1.42. The van der Waals surface area contributed by atoms with Crippen molar-refractivity contribution in [1.82, 2.24) is 16.0 Å². The van der Waals surface area contributed by atoms with Crippen molar-refractivity contribution < 1.29 is 34.2 Å². The second-order valence-electron chi connectivity index (χ2n) is 6.80. The zero-order chi connectivity index (χ0) is 22.0. The summed E-state index contributed by atoms with van der Waals surface area (Å²) in [7, 11) is 0. The van der Waals surface area contributed by atoms with Crippen LogP contribution in [0.3, 0.4) is 0 Å². The number of nitrogens with two attached hydrogens (primary N) is 2. The Bertz CT molecular complexity index is 594. The van der Waals surface area contributed by atoms with Crippen molar-refractivity contribution in [2.24, 2.45) is 17.4 Å². The van der Waals surface area contributed by atoms with Crippen LogP contribution in [0.5, 0.6) is 0 Å². The maximum absolute atomic E-state index is 12.5. The summed E-state index contributed by atoms with van der Waals surface area (Å²) in [6.45, 7) is 4.22. The summed E-state index contributed by atoms with van der Waals surface area (Å²) >= 11 is 0. The molecule has 0 heterocycles. The number of hydrogen-bond acceptors (Lipinski definition) is 7. The zero-order valence-electron chi connectivity index (χ0n) is 16.1. The highest BCUT2D eigenvalue weighted by molar-refractivity contribution is 5.95. The van der Waals surface area contributed by atoms with Crippen molar-refractivity contribution >= 4 is 29.6 Å². The number of primary amides is 1. The first-order chi connectivity index (χ1) is 12.8. The van der Waals surface area contributed by atoms with Gasteiger partial charge in [-0.25, -0.2) is 0 Å². The Labute approximate surface area is 162 Å². The van der Waals surface area contributed by atoms with Crippen LogP contribution in [0.1, 0.15) is 33.6 Å². The highest BCUT2D eigenvalue weighted by Gasteiger charge is 2.30. The van der Waals surface area contributed by atoms with E-state index in [1.807, 2.05) is 0 Å². The van der Waals surface area contributed by atoms with E-state index in [9.17, 15) is 29.1 Å². The molecule has 28 heavy (non-hydrogen) atoms. The van der Waals surface area contributed by atoms with Crippen molar-refractivity contribution in [3.8, 4) is 0 Å². The monoisotopic (exact) mass is 403 g/mol. The van der Waals surface area contributed by atoms with Gasteiger partial charge in [-0.15, -0.1) is 0 Å². The van der Waals surface area contributed by atoms with Gasteiger partial charge in [-0.3, -0.25) is 24.0 Å². The van der Waals surface area contributed by atoms with Gasteiger partial charge < -0.3 is 37.6 Å². The van der Waals surface area contributed by atoms with E-state index in [1.165, 1.54) is 6.92 Å². The van der Waals surface area contributed by atoms with Crippen LogP contribution >= 0.6 is 0 Å². The van der Waals surface area contributed by atoms with Gasteiger partial charge in [-0.1, -0.05) is 13.8 Å². The van der Waals surface area contributed by atoms with Crippen LogP contribution in [-0.2, 0) is 24.0 Å². The van der Waals surface area contributed by atoms with Gasteiger partial charge in [0, 0.05) is 0 Å². The lowest BCUT2D eigenvalue weighted by atomic mass is 10.0. The maximum atomic E-state index is 12.5. The lowest BCUT2D eigenvalue weighted by molar-refractivity contribution is -0.139. The molecule has 0 fully saturated rings. The highest BCUT2D eigenvalue weighted by Crippen LogP contribution is 2.06. The maximum Gasteiger partial charge on any atom is 0.322 e. The van der Waals surface area contributed by atoms with Gasteiger partial charge >= 0.3 is 5.97 Å². The number of carbonyl (C=O) groups excluding carboxylic acids is 4. The molecule has 0 aromatic heterocycles. The van der Waals surface area contributed by atoms with Gasteiger partial charge in [0.05, 0.1) is 12.5 Å². The van der Waals surface area contributed by atoms with Gasteiger partial charge in [0.2, 0.25) is 23.6 Å². The number of hydrogen-bond donors (Lipinski definition) is 7. The molecule has 0 spiro atoms. The molecule has 0 aromatic rings. The molecule has 12 heteroatoms. The van der Waals surface area contributed by atoms with E-state index >= 15 is 0 Å². The molecule has 0 rings (SSSR count). The Morgan fingerprint density at radius 1 is 0.929 bits per heavy atom. The number of aliphatic hydroxyl groups is 1. The van der Waals surface area contributed by atoms with E-state index < -0.39 is 66.8 Å². The smallest absolute Gasteiger partial charge is 0.322 e. The number of rotatable bonds is 12. The first-order valence-corrected chi connectivity index (χ1v) is 8.67. The normalized spacial score (nSPS) is 15.1. The first kappa shape index (κ1) is 25.3. The molecule has 4 amide bonds. The van der Waals surface area contributed by atoms with Crippen molar-refractivity contribution in [2.45, 2.75) is 57.8 Å². The summed E-state index contributed by atoms with van der Waals surface area (Å²) in [5.41, 5.74) is 10.6. The predicted molar refractivity (Wildman–Crippen MR) is 97.4 cm³/mol. The molecule has 0 aliphatic heterocycles. The fourth-order valence-electron chi connectivity index (χ4n) is 2.16. The Kier molecular flexibility index (Phi) is 10.7. The molecule has 0 bridgehead atoms. The summed E-state index contributed by atoms with van der Waals surface area (Å²) in [6.07, 6.45) is -1.58. The second kappa shape index (κ2) is 11.9. The molecular formula is C16H29N5O7. The van der Waals surface area contributed by atoms with Gasteiger partial charge in [-0.05, 0) is 19.3 Å². The molecule has 0 aliphatic rings. The molecule has 4 atom stereocenters. The van der Waals surface area contributed by atoms with E-state index in [4.69, 9.17) is 16.6 Å². The standard InChI is InChI=1S/C16H29N5O7/c1-7(2)4-9(14(26)19-6-12(24)25)20-15(27)10(5-11(17)23)21-16(28)13(18)8(3)22/h7-10,13,22H,4-6,18H2,1-3H3,(H2,17,23)(H,19,26)(H,20,27)(H,21,28)(H,24,25). The van der Waals surface area contributed by atoms with Crippen LogP contribution in [0.15, 0.2) is 0 Å². The van der Waals surface area contributed by atoms with Gasteiger partial charge in [-0.2, -0.15) is 0 Å². The van der Waals surface area contributed by atoms with E-state index in [-0.39, 0.29) is 12.3 Å². The van der Waals surface area contributed by atoms with E-state index in [0.717, 1.165) is 0 Å². The van der Waals surface area contributed by atoms with Crippen LogP contribution in [0, 0.1) is 5.92 Å². The quantitative estimate of drug-likeness (QED) is 0.175. The lowest BCUT2D eigenvalue weighted by Crippen LogP contribution is -2.58. The van der Waals surface area contributed by atoms with Gasteiger partial charge in [0.15, 0.2) is 0 Å². The Morgan fingerprint density at radius 2 is 1.46 bits per heavy atom. The molecule has 12 nitrogen and oxygen atoms in total. The van der Waals surface area contributed by atoms with Gasteiger partial charge in [0.25, 0.3) is 0 Å². The summed E-state index contributed by atoms with van der Waals surface area (Å²) < 4.78 is 0. The molecule has 4 unspecified atom stereocenters.